The number of aromatic nitrogens is 8. The van der Waals surface area contributed by atoms with Gasteiger partial charge in [-0.2, -0.15) is 0 Å². The summed E-state index contributed by atoms with van der Waals surface area (Å²) in [4.78, 5) is 82.0. The molecule has 12 aromatic rings. The molecule has 0 spiro atoms. The lowest BCUT2D eigenvalue weighted by molar-refractivity contribution is -0.124. The quantitative estimate of drug-likeness (QED) is 0.0370. The number of Topliss-reactive ketones (excluding diaryl/α,β-unsaturated/α-hetero) is 4. The molecular formula is C93H114N8O12. The molecule has 0 fully saturated rings. The molecule has 20 nitrogen and oxygen atoms in total. The predicted molar refractivity (Wildman–Crippen MR) is 445 cm³/mol. The zero-order chi connectivity index (χ0) is 82.1. The van der Waals surface area contributed by atoms with E-state index in [1.807, 2.05) is 237 Å². The van der Waals surface area contributed by atoms with E-state index in [4.69, 9.17) is 36.6 Å². The molecule has 0 saturated carbocycles. The molecule has 0 unspecified atom stereocenters. The number of ketones is 4. The molecule has 0 bridgehead atoms. The summed E-state index contributed by atoms with van der Waals surface area (Å²) in [7, 11) is 0. The molecule has 0 radical (unpaired) electrons. The van der Waals surface area contributed by atoms with Crippen LogP contribution in [0.4, 0.5) is 0 Å². The van der Waals surface area contributed by atoms with E-state index in [-0.39, 0.29) is 76.0 Å². The number of pyridine rings is 4. The lowest BCUT2D eigenvalue weighted by Crippen LogP contribution is -2.10. The Hall–Kier alpha value is -11.2. The van der Waals surface area contributed by atoms with E-state index >= 15 is 0 Å². The Balaban J connectivity index is 0.000000261. The van der Waals surface area contributed by atoms with E-state index in [0.29, 0.717) is 98.0 Å². The molecule has 0 N–H and O–H groups in total. The van der Waals surface area contributed by atoms with E-state index < -0.39 is 0 Å². The number of nitrogens with zero attached hydrogens (tertiary/aromatic N) is 8. The number of hydrogen-bond donors (Lipinski definition) is 0. The summed E-state index contributed by atoms with van der Waals surface area (Å²) in [5, 5.41) is 0. The first-order chi connectivity index (χ1) is 55.0. The number of rotatable bonds is 33. The van der Waals surface area contributed by atoms with Gasteiger partial charge >= 0.3 is 0 Å². The largest absolute Gasteiger partial charge is 0.441 e. The van der Waals surface area contributed by atoms with Crippen LogP contribution in [0.1, 0.15) is 178 Å². The number of oxazole rings is 4. The smallest absolute Gasteiger partial charge is 0.226 e. The van der Waals surface area contributed by atoms with Crippen molar-refractivity contribution in [3.63, 3.8) is 0 Å². The summed E-state index contributed by atoms with van der Waals surface area (Å²) in [6.45, 7) is 33.0. The number of aryl methyl sites for hydroxylation is 12. The maximum Gasteiger partial charge on any atom is 0.226 e. The van der Waals surface area contributed by atoms with Crippen LogP contribution in [0.15, 0.2) is 213 Å². The lowest BCUT2D eigenvalue weighted by Gasteiger charge is -2.02. The Labute approximate surface area is 668 Å². The van der Waals surface area contributed by atoms with Gasteiger partial charge in [-0.3, -0.25) is 39.1 Å². The number of ether oxygens (including phenoxy) is 4. The van der Waals surface area contributed by atoms with E-state index in [9.17, 15) is 19.2 Å². The third-order valence-corrected chi connectivity index (χ3v) is 16.7. The van der Waals surface area contributed by atoms with Crippen molar-refractivity contribution in [2.45, 2.75) is 195 Å². The SMILES string of the molecule is CC.CC.CC.CC.CCc1ccc(-c2nc(COCC(=O)CCc3cccnc3)c(C)o2)cc1.Cc1ccc(-c2nc(COCC(=O)CCc3cccnc3)c(C)o2)cc1.Cc1ccc(-c2nc(COCC(=O)CCc3cccnc3)c(C)o2)cc1.Cc1ccc(-c2nc(COCC(=O)CCc3cccnc3)c(C)o2)cc1. The highest BCUT2D eigenvalue weighted by Crippen LogP contribution is 2.27. The van der Waals surface area contributed by atoms with Gasteiger partial charge in [-0.05, 0) is 181 Å². The summed E-state index contributed by atoms with van der Waals surface area (Å²) in [5.74, 6) is 5.41. The molecule has 4 aromatic carbocycles. The summed E-state index contributed by atoms with van der Waals surface area (Å²) in [5.41, 5.74) is 15.7. The predicted octanol–water partition coefficient (Wildman–Crippen LogP) is 20.6. The molecule has 0 atom stereocenters. The van der Waals surface area contributed by atoms with Gasteiger partial charge in [0.25, 0.3) is 0 Å². The summed E-state index contributed by atoms with van der Waals surface area (Å²) in [6, 6.07) is 47.5. The van der Waals surface area contributed by atoms with Crippen molar-refractivity contribution in [1.82, 2.24) is 39.9 Å². The fourth-order valence-electron chi connectivity index (χ4n) is 10.4. The highest BCUT2D eigenvalue weighted by molar-refractivity contribution is 5.81. The van der Waals surface area contributed by atoms with Crippen LogP contribution in [0, 0.1) is 48.5 Å². The maximum atomic E-state index is 12.0. The van der Waals surface area contributed by atoms with Crippen molar-refractivity contribution in [3.8, 4) is 45.8 Å². The Bertz CT molecular complexity index is 4270. The molecule has 0 aliphatic heterocycles. The lowest BCUT2D eigenvalue weighted by atomic mass is 10.1. The minimum atomic E-state index is 0.0637. The van der Waals surface area contributed by atoms with E-state index in [1.165, 1.54) is 22.3 Å². The third kappa shape index (κ3) is 33.8. The minimum absolute atomic E-state index is 0.0637. The fourth-order valence-corrected chi connectivity index (χ4v) is 10.4. The van der Waals surface area contributed by atoms with Gasteiger partial charge in [-0.15, -0.1) is 0 Å². The van der Waals surface area contributed by atoms with Crippen molar-refractivity contribution in [2.24, 2.45) is 0 Å². The zero-order valence-corrected chi connectivity index (χ0v) is 69.0. The van der Waals surface area contributed by atoms with E-state index in [0.717, 1.165) is 73.7 Å². The molecule has 0 aliphatic rings. The van der Waals surface area contributed by atoms with Gasteiger partial charge < -0.3 is 36.6 Å². The van der Waals surface area contributed by atoms with Crippen LogP contribution < -0.4 is 0 Å². The third-order valence-electron chi connectivity index (χ3n) is 16.7. The van der Waals surface area contributed by atoms with Crippen molar-refractivity contribution in [1.29, 1.82) is 0 Å². The van der Waals surface area contributed by atoms with Crippen LogP contribution in [-0.2, 0) is 96.7 Å². The van der Waals surface area contributed by atoms with Crippen molar-refractivity contribution in [3.05, 3.63) is 285 Å². The molecule has 12 rings (SSSR count). The summed E-state index contributed by atoms with van der Waals surface area (Å²) in [6.07, 6.45) is 19.5. The van der Waals surface area contributed by atoms with Crippen molar-refractivity contribution < 1.29 is 55.8 Å². The maximum absolute atomic E-state index is 12.0. The average molecular weight is 1540 g/mol. The first kappa shape index (κ1) is 92.4. The van der Waals surface area contributed by atoms with Gasteiger partial charge in [-0.1, -0.05) is 152 Å². The van der Waals surface area contributed by atoms with E-state index in [1.54, 1.807) is 49.6 Å². The van der Waals surface area contributed by atoms with Gasteiger partial charge in [0.2, 0.25) is 23.6 Å². The second-order valence-electron chi connectivity index (χ2n) is 25.3. The standard InChI is InChI=1S/C22H24N2O3.3C21H22N2O3.4C2H6/c1-3-17-6-9-19(10-7-17)22-24-21(16(2)27-22)15-26-14-20(25)11-8-18-5-4-12-23-13-18;3*1-15-5-8-18(9-6-15)21-23-20(16(2)26-21)14-25-13-19(24)10-7-17-4-3-11-22-12-17;4*1-2/h4-7,9-10,12-13H,3,8,11,14-15H2,1-2H3;3*3-6,8-9,11-12H,7,10,13-14H2,1-2H3;4*1-2H3. The molecule has 0 aliphatic carbocycles. The summed E-state index contributed by atoms with van der Waals surface area (Å²) < 4.78 is 45.1. The van der Waals surface area contributed by atoms with Crippen LogP contribution in [0.25, 0.3) is 45.8 Å². The van der Waals surface area contributed by atoms with Crippen LogP contribution in [0.5, 0.6) is 0 Å². The first-order valence-electron chi connectivity index (χ1n) is 39.1. The number of hydrogen-bond acceptors (Lipinski definition) is 20. The average Bonchev–Trinajstić information content (AvgIpc) is 1.72. The normalized spacial score (nSPS) is 10.3. The first-order valence-corrected chi connectivity index (χ1v) is 39.1. The summed E-state index contributed by atoms with van der Waals surface area (Å²) >= 11 is 0. The van der Waals surface area contributed by atoms with Crippen LogP contribution in [-0.4, -0.2) is 89.4 Å². The van der Waals surface area contributed by atoms with Crippen molar-refractivity contribution in [2.75, 3.05) is 26.4 Å². The van der Waals surface area contributed by atoms with Crippen LogP contribution in [0.2, 0.25) is 0 Å². The topological polar surface area (TPSA) is 261 Å². The molecule has 113 heavy (non-hydrogen) atoms. The molecular weight excluding hydrogens is 1420 g/mol. The highest BCUT2D eigenvalue weighted by atomic mass is 16.5. The van der Waals surface area contributed by atoms with Gasteiger partial charge in [0.15, 0.2) is 23.1 Å². The minimum Gasteiger partial charge on any atom is -0.441 e. The molecule has 8 heterocycles. The number of carbonyl (C=O) groups excluding carboxylic acids is 4. The van der Waals surface area contributed by atoms with Gasteiger partial charge in [-0.25, -0.2) is 19.9 Å². The van der Waals surface area contributed by atoms with Crippen LogP contribution >= 0.6 is 0 Å². The number of benzene rings is 4. The Kier molecular flexibility index (Phi) is 43.3. The Morgan fingerprint density at radius 3 is 0.699 bits per heavy atom. The second kappa shape index (κ2) is 52.9. The van der Waals surface area contributed by atoms with Gasteiger partial charge in [0.1, 0.15) is 72.2 Å². The monoisotopic (exact) mass is 1530 g/mol. The van der Waals surface area contributed by atoms with Gasteiger partial charge in [0, 0.05) is 97.5 Å². The number of carbonyl (C=O) groups is 4. The Morgan fingerprint density at radius 1 is 0.292 bits per heavy atom. The molecule has 8 aromatic heterocycles. The Morgan fingerprint density at radius 2 is 0.504 bits per heavy atom. The fraction of sp³-hybridized carbons (Fsp3) is 0.355. The second-order valence-corrected chi connectivity index (χ2v) is 25.3. The van der Waals surface area contributed by atoms with Gasteiger partial charge in [0.05, 0.1) is 26.4 Å². The van der Waals surface area contributed by atoms with Crippen molar-refractivity contribution >= 4 is 23.1 Å². The molecule has 598 valence electrons. The zero-order valence-electron chi connectivity index (χ0n) is 69.0. The van der Waals surface area contributed by atoms with Crippen LogP contribution in [0.3, 0.4) is 0 Å². The highest BCUT2D eigenvalue weighted by Gasteiger charge is 2.18. The molecule has 0 saturated heterocycles. The van der Waals surface area contributed by atoms with E-state index in [2.05, 4.69) is 58.9 Å². The molecule has 0 amide bonds. The molecule has 20 heteroatoms.